The number of rotatable bonds is 3. The molecule has 4 aromatic heterocycles. The maximum absolute atomic E-state index is 10.2. The smallest absolute Gasteiger partial charge is 0.264 e. The standard InChI is InChI=1S/C77H70BN5S/c1-73(2,3)45-24-30-61-54(37-45)55-38-46(74(4,5)6)25-31-62(55)81(61)50-41-64-68-65(42-50)83-69-51(52-28-32-63-67(70(52)83)53-20-14-15-23-60(53)80(63)48-19-16-18-44(36-48)43-79)21-17-22-59(69)78(68)72-71(56-39-47(75(7,8)9)26-33-66(56)84-72)82(64)49-27-29-57-58(40-49)77(12,13)35-34-76(57,10)11/h14-33,36-42H,34-35H2,1-13H3. The number of nitrogens with zero attached hydrogens (tertiary/aromatic N) is 5. The van der Waals surface area contributed by atoms with Gasteiger partial charge in [-0.15, -0.1) is 11.3 Å². The van der Waals surface area contributed by atoms with Crippen LogP contribution < -0.4 is 20.6 Å². The molecule has 0 saturated carbocycles. The molecule has 0 atom stereocenters. The van der Waals surface area contributed by atoms with Crippen molar-refractivity contribution in [3.05, 3.63) is 197 Å². The van der Waals surface area contributed by atoms with Crippen molar-refractivity contribution in [1.29, 1.82) is 5.26 Å². The van der Waals surface area contributed by atoms with E-state index < -0.39 is 0 Å². The number of nitriles is 1. The molecule has 0 fully saturated rings. The summed E-state index contributed by atoms with van der Waals surface area (Å²) in [7, 11) is 0. The van der Waals surface area contributed by atoms with Crippen LogP contribution in [0.2, 0.25) is 0 Å². The van der Waals surface area contributed by atoms with Crippen molar-refractivity contribution in [3.8, 4) is 23.1 Å². The van der Waals surface area contributed by atoms with Crippen LogP contribution in [0.25, 0.3) is 92.6 Å². The first-order chi connectivity index (χ1) is 40.0. The monoisotopic (exact) mass is 1110 g/mol. The number of thiophene rings is 1. The molecular formula is C77H70BN5S. The van der Waals surface area contributed by atoms with E-state index in [1.807, 2.05) is 29.5 Å². The van der Waals surface area contributed by atoms with Crippen molar-refractivity contribution in [2.45, 2.75) is 130 Å². The summed E-state index contributed by atoms with van der Waals surface area (Å²) in [6.07, 6.45) is 2.29. The molecule has 0 N–H and O–H groups in total. The summed E-state index contributed by atoms with van der Waals surface area (Å²) in [6.45, 7) is 30.8. The van der Waals surface area contributed by atoms with Gasteiger partial charge in [-0.05, 0) is 170 Å². The van der Waals surface area contributed by atoms with E-state index >= 15 is 0 Å². The van der Waals surface area contributed by atoms with Gasteiger partial charge in [0.1, 0.15) is 0 Å². The summed E-state index contributed by atoms with van der Waals surface area (Å²) in [5.41, 5.74) is 24.3. The fraction of sp³-hybridized carbons (Fsp3) is 0.260. The minimum absolute atomic E-state index is 0.00469. The molecule has 9 aromatic carbocycles. The van der Waals surface area contributed by atoms with Gasteiger partial charge in [-0.3, -0.25) is 0 Å². The highest BCUT2D eigenvalue weighted by atomic mass is 32.1. The summed E-state index contributed by atoms with van der Waals surface area (Å²) in [6, 6.07) is 65.8. The van der Waals surface area contributed by atoms with Crippen LogP contribution in [0.4, 0.5) is 17.1 Å². The molecule has 1 aliphatic carbocycles. The minimum atomic E-state index is -0.0528. The van der Waals surface area contributed by atoms with Crippen LogP contribution in [0.5, 0.6) is 0 Å². The second kappa shape index (κ2) is 17.0. The number of para-hydroxylation sites is 2. The Labute approximate surface area is 497 Å². The molecule has 6 heterocycles. The summed E-state index contributed by atoms with van der Waals surface area (Å²) in [4.78, 5) is 2.72. The molecule has 5 nitrogen and oxygen atoms in total. The van der Waals surface area contributed by atoms with Gasteiger partial charge >= 0.3 is 0 Å². The molecule has 16 rings (SSSR count). The van der Waals surface area contributed by atoms with E-state index in [-0.39, 0.29) is 33.8 Å². The number of fused-ring (bicyclic) bond motifs is 17. The van der Waals surface area contributed by atoms with Gasteiger partial charge < -0.3 is 18.6 Å². The highest BCUT2D eigenvalue weighted by molar-refractivity contribution is 7.33. The molecule has 0 saturated heterocycles. The van der Waals surface area contributed by atoms with Crippen molar-refractivity contribution in [2.24, 2.45) is 0 Å². The lowest BCUT2D eigenvalue weighted by Gasteiger charge is -2.43. The molecule has 0 bridgehead atoms. The first-order valence-electron chi connectivity index (χ1n) is 30.3. The lowest BCUT2D eigenvalue weighted by molar-refractivity contribution is 0.332. The Kier molecular flexibility index (Phi) is 10.4. The van der Waals surface area contributed by atoms with Crippen LogP contribution in [0.3, 0.4) is 0 Å². The number of hydrogen-bond acceptors (Lipinski definition) is 3. The topological polar surface area (TPSA) is 41.8 Å². The highest BCUT2D eigenvalue weighted by Gasteiger charge is 2.46. The van der Waals surface area contributed by atoms with Crippen LogP contribution in [0.15, 0.2) is 164 Å². The van der Waals surface area contributed by atoms with Crippen molar-refractivity contribution in [3.63, 3.8) is 0 Å². The zero-order chi connectivity index (χ0) is 58.1. The van der Waals surface area contributed by atoms with Gasteiger partial charge in [0.15, 0.2) is 0 Å². The SMILES string of the molecule is CC(C)(C)c1ccc2sc3c(c2c1)N(c1ccc2c(c1)C(C)(C)CCC2(C)C)c1cc(-n2c4ccc(C(C)(C)C)cc4c4cc(C(C)(C)C)ccc42)cc2c1B3c1cccc3c4ccc5c(c6ccccc6n5-c5cccc(C#N)c5)c4n-2c13. The van der Waals surface area contributed by atoms with E-state index in [2.05, 4.69) is 260 Å². The molecular weight excluding hydrogens is 1040 g/mol. The highest BCUT2D eigenvalue weighted by Crippen LogP contribution is 2.53. The average Bonchev–Trinajstić information content (AvgIpc) is 1.60. The Morgan fingerprint density at radius 3 is 1.74 bits per heavy atom. The van der Waals surface area contributed by atoms with Gasteiger partial charge in [0, 0.05) is 75.4 Å². The van der Waals surface area contributed by atoms with E-state index in [4.69, 9.17) is 0 Å². The van der Waals surface area contributed by atoms with E-state index in [1.54, 1.807) is 0 Å². The van der Waals surface area contributed by atoms with Crippen molar-refractivity contribution in [1.82, 2.24) is 13.7 Å². The summed E-state index contributed by atoms with van der Waals surface area (Å²) in [5, 5.41) is 19.0. The third-order valence-electron chi connectivity index (χ3n) is 19.9. The third-order valence-corrected chi connectivity index (χ3v) is 21.2. The molecule has 7 heteroatoms. The van der Waals surface area contributed by atoms with Crippen molar-refractivity contribution in [2.75, 3.05) is 4.90 Å². The van der Waals surface area contributed by atoms with Crippen LogP contribution in [-0.2, 0) is 27.1 Å². The molecule has 0 radical (unpaired) electrons. The van der Waals surface area contributed by atoms with Crippen molar-refractivity contribution >= 4 is 126 Å². The Hall–Kier alpha value is -8.31. The largest absolute Gasteiger partial charge is 0.310 e. The molecule has 2 aliphatic heterocycles. The van der Waals surface area contributed by atoms with Gasteiger partial charge in [0.05, 0.1) is 50.6 Å². The minimum Gasteiger partial charge on any atom is -0.310 e. The van der Waals surface area contributed by atoms with Gasteiger partial charge in [0.25, 0.3) is 6.71 Å². The Morgan fingerprint density at radius 2 is 1.05 bits per heavy atom. The van der Waals surface area contributed by atoms with Crippen LogP contribution in [-0.4, -0.2) is 20.4 Å². The zero-order valence-corrected chi connectivity index (χ0v) is 51.5. The number of aromatic nitrogens is 3. The lowest BCUT2D eigenvalue weighted by atomic mass is 9.36. The third kappa shape index (κ3) is 7.07. The Bertz CT molecular complexity index is 5050. The number of benzene rings is 9. The second-order valence-electron chi connectivity index (χ2n) is 29.2. The molecule has 84 heavy (non-hydrogen) atoms. The van der Waals surface area contributed by atoms with Gasteiger partial charge in [-0.1, -0.05) is 163 Å². The summed E-state index contributed by atoms with van der Waals surface area (Å²) in [5.74, 6) is 0. The van der Waals surface area contributed by atoms with E-state index in [0.717, 1.165) is 35.2 Å². The van der Waals surface area contributed by atoms with E-state index in [9.17, 15) is 5.26 Å². The normalized spacial score (nSPS) is 15.5. The Morgan fingerprint density at radius 1 is 0.464 bits per heavy atom. The first kappa shape index (κ1) is 51.3. The molecule has 0 unspecified atom stereocenters. The molecule has 0 spiro atoms. The van der Waals surface area contributed by atoms with Crippen LogP contribution in [0, 0.1) is 11.3 Å². The summed E-state index contributed by atoms with van der Waals surface area (Å²) < 4.78 is 10.4. The number of hydrogen-bond donors (Lipinski definition) is 0. The van der Waals surface area contributed by atoms with Crippen LogP contribution >= 0.6 is 11.3 Å². The van der Waals surface area contributed by atoms with Gasteiger partial charge in [-0.2, -0.15) is 5.26 Å². The molecule has 0 amide bonds. The number of anilines is 3. The molecule has 13 aromatic rings. The van der Waals surface area contributed by atoms with Gasteiger partial charge in [0.2, 0.25) is 0 Å². The predicted molar refractivity (Wildman–Crippen MR) is 360 cm³/mol. The summed E-state index contributed by atoms with van der Waals surface area (Å²) >= 11 is 1.99. The molecule has 412 valence electrons. The second-order valence-corrected chi connectivity index (χ2v) is 30.3. The van der Waals surface area contributed by atoms with Crippen molar-refractivity contribution < 1.29 is 0 Å². The quantitative estimate of drug-likeness (QED) is 0.165. The fourth-order valence-electron chi connectivity index (χ4n) is 15.3. The maximum atomic E-state index is 10.2. The predicted octanol–water partition coefficient (Wildman–Crippen LogP) is 18.9. The zero-order valence-electron chi connectivity index (χ0n) is 50.7. The van der Waals surface area contributed by atoms with E-state index in [0.29, 0.717) is 5.56 Å². The van der Waals surface area contributed by atoms with Crippen LogP contribution in [0.1, 0.15) is 136 Å². The van der Waals surface area contributed by atoms with Gasteiger partial charge in [-0.25, -0.2) is 0 Å². The fourth-order valence-corrected chi connectivity index (χ4v) is 16.6. The van der Waals surface area contributed by atoms with E-state index in [1.165, 1.54) is 131 Å². The lowest BCUT2D eigenvalue weighted by Crippen LogP contribution is -2.59. The Balaban J connectivity index is 1.11. The maximum Gasteiger partial charge on any atom is 0.264 e. The first-order valence-corrected chi connectivity index (χ1v) is 31.1. The average molecular weight is 1110 g/mol. The molecule has 3 aliphatic rings.